The molecule has 0 radical (unpaired) electrons. The molecule has 0 aromatic rings. The quantitative estimate of drug-likeness (QED) is 0.215. The van der Waals surface area contributed by atoms with Gasteiger partial charge in [0.1, 0.15) is 36.6 Å². The van der Waals surface area contributed by atoms with Gasteiger partial charge in [-0.05, 0) is 13.8 Å². The third-order valence-corrected chi connectivity index (χ3v) is 3.10. The predicted molar refractivity (Wildman–Crippen MR) is 155 cm³/mol. The van der Waals surface area contributed by atoms with E-state index in [9.17, 15) is 4.79 Å². The number of rotatable bonds is 8. The molecule has 37 heavy (non-hydrogen) atoms. The summed E-state index contributed by atoms with van der Waals surface area (Å²) in [5.41, 5.74) is 0. The van der Waals surface area contributed by atoms with E-state index in [4.69, 9.17) is 46.0 Å². The van der Waals surface area contributed by atoms with Crippen LogP contribution < -0.4 is 0 Å². The Labute approximate surface area is 229 Å². The molecule has 0 amide bonds. The van der Waals surface area contributed by atoms with Crippen LogP contribution in [-0.2, 0) is 4.79 Å². The smallest absolute Gasteiger partial charge is 0.160 e. The van der Waals surface area contributed by atoms with E-state index in [2.05, 4.69) is 0 Å². The predicted octanol–water partition coefficient (Wildman–Crippen LogP) is 2.42. The second kappa shape index (κ2) is 51.9. The number of carbonyl (C=O) groups excluding carboxylic acids is 1. The second-order valence-corrected chi connectivity index (χ2v) is 5.83. The highest BCUT2D eigenvalue weighted by Crippen LogP contribution is 2.14. The molecule has 0 aliphatic heterocycles. The molecule has 0 saturated heterocycles. The van der Waals surface area contributed by atoms with Crippen molar-refractivity contribution < 1.29 is 50.8 Å². The van der Waals surface area contributed by atoms with Crippen molar-refractivity contribution in [2.75, 3.05) is 13.2 Å². The third-order valence-electron chi connectivity index (χ3n) is 3.10. The van der Waals surface area contributed by atoms with Crippen molar-refractivity contribution in [2.45, 2.75) is 159 Å². The van der Waals surface area contributed by atoms with E-state index in [1.54, 1.807) is 0 Å². The molecule has 0 aromatic carbocycles. The van der Waals surface area contributed by atoms with E-state index in [0.717, 1.165) is 6.92 Å². The van der Waals surface area contributed by atoms with E-state index in [1.165, 1.54) is 26.2 Å². The lowest BCUT2D eigenvalue weighted by atomic mass is 10.1. The molecule has 0 heterocycles. The molecule has 0 spiro atoms. The van der Waals surface area contributed by atoms with Gasteiger partial charge in [-0.15, -0.1) is 0 Å². The van der Waals surface area contributed by atoms with Gasteiger partial charge in [0.15, 0.2) is 5.78 Å². The van der Waals surface area contributed by atoms with Crippen molar-refractivity contribution in [1.29, 1.82) is 0 Å². The SMILES string of the molecule is C1CC1.CC.CC.CC.CC.CC.CC.CC(=O)C(O)C(O)C(O)CO.CC(O)C(O)C(O)C(O)CO. The fourth-order valence-corrected chi connectivity index (χ4v) is 1.18. The Morgan fingerprint density at radius 3 is 0.946 bits per heavy atom. The van der Waals surface area contributed by atoms with E-state index in [-0.39, 0.29) is 0 Å². The number of Topliss-reactive ketones (excluding diaryl/α,β-unsaturated/α-hetero) is 1. The van der Waals surface area contributed by atoms with Gasteiger partial charge >= 0.3 is 0 Å². The van der Waals surface area contributed by atoms with Crippen LogP contribution in [0.2, 0.25) is 0 Å². The average Bonchev–Trinajstić information content (AvgIpc) is 3.87. The summed E-state index contributed by atoms with van der Waals surface area (Å²) in [6.07, 6.45) is -5.72. The molecule has 1 aliphatic carbocycles. The summed E-state index contributed by atoms with van der Waals surface area (Å²) in [5, 5.41) is 78.4. The van der Waals surface area contributed by atoms with Crippen molar-refractivity contribution in [2.24, 2.45) is 0 Å². The molecule has 1 fully saturated rings. The molecule has 1 rings (SSSR count). The fraction of sp³-hybridized carbons (Fsp3) is 0.963. The topological polar surface area (TPSA) is 199 Å². The van der Waals surface area contributed by atoms with Gasteiger partial charge in [-0.25, -0.2) is 0 Å². The minimum Gasteiger partial charge on any atom is -0.394 e. The zero-order valence-corrected chi connectivity index (χ0v) is 26.5. The summed E-state index contributed by atoms with van der Waals surface area (Å²) in [6.45, 7) is 25.0. The first-order valence-electron chi connectivity index (χ1n) is 14.0. The average molecular weight is 553 g/mol. The Bertz CT molecular complexity index is 340. The Morgan fingerprint density at radius 1 is 0.541 bits per heavy atom. The highest BCUT2D eigenvalue weighted by molar-refractivity contribution is 5.80. The Kier molecular flexibility index (Phi) is 79.2. The lowest BCUT2D eigenvalue weighted by molar-refractivity contribution is -0.137. The van der Waals surface area contributed by atoms with Crippen LogP contribution in [0.3, 0.4) is 0 Å². The van der Waals surface area contributed by atoms with Gasteiger partial charge in [-0.2, -0.15) is 0 Å². The van der Waals surface area contributed by atoms with Gasteiger partial charge in [0.25, 0.3) is 0 Å². The second-order valence-electron chi connectivity index (χ2n) is 5.83. The molecule has 10 heteroatoms. The Hall–Kier alpha value is -0.690. The number of hydrogen-bond donors (Lipinski definition) is 9. The molecule has 0 aromatic heterocycles. The molecule has 7 unspecified atom stereocenters. The van der Waals surface area contributed by atoms with Crippen molar-refractivity contribution >= 4 is 5.78 Å². The molecule has 10 nitrogen and oxygen atoms in total. The van der Waals surface area contributed by atoms with Crippen LogP contribution in [0.5, 0.6) is 0 Å². The van der Waals surface area contributed by atoms with Gasteiger partial charge in [0.05, 0.1) is 19.3 Å². The maximum atomic E-state index is 10.4. The van der Waals surface area contributed by atoms with Crippen LogP contribution in [0.4, 0.5) is 0 Å². The first-order chi connectivity index (χ1) is 17.5. The number of hydrogen-bond acceptors (Lipinski definition) is 10. The molecule has 236 valence electrons. The largest absolute Gasteiger partial charge is 0.394 e. The molecule has 1 aliphatic rings. The lowest BCUT2D eigenvalue weighted by Gasteiger charge is -2.23. The molecular weight excluding hydrogens is 484 g/mol. The molecule has 0 bridgehead atoms. The fourth-order valence-electron chi connectivity index (χ4n) is 1.18. The summed E-state index contributed by atoms with van der Waals surface area (Å²) >= 11 is 0. The zero-order valence-electron chi connectivity index (χ0n) is 26.5. The van der Waals surface area contributed by atoms with E-state index in [1.807, 2.05) is 83.1 Å². The normalized spacial score (nSPS) is 15.2. The summed E-state index contributed by atoms with van der Waals surface area (Å²) in [6, 6.07) is 0. The van der Waals surface area contributed by atoms with E-state index < -0.39 is 61.7 Å². The number of aliphatic hydroxyl groups excluding tert-OH is 9. The summed E-state index contributed by atoms with van der Waals surface area (Å²) in [5.74, 6) is -0.648. The van der Waals surface area contributed by atoms with Crippen LogP contribution >= 0.6 is 0 Å². The van der Waals surface area contributed by atoms with Crippen molar-refractivity contribution in [3.63, 3.8) is 0 Å². The van der Waals surface area contributed by atoms with Crippen molar-refractivity contribution in [3.05, 3.63) is 0 Å². The van der Waals surface area contributed by atoms with Crippen molar-refractivity contribution in [1.82, 2.24) is 0 Å². The summed E-state index contributed by atoms with van der Waals surface area (Å²) in [7, 11) is 0. The number of aliphatic hydroxyl groups is 9. The first kappa shape index (κ1) is 56.5. The van der Waals surface area contributed by atoms with E-state index in [0.29, 0.717) is 0 Å². The first-order valence-corrected chi connectivity index (χ1v) is 14.0. The van der Waals surface area contributed by atoms with Crippen LogP contribution in [0.25, 0.3) is 0 Å². The van der Waals surface area contributed by atoms with Crippen LogP contribution in [-0.4, -0.2) is 108 Å². The minimum atomic E-state index is -1.63. The van der Waals surface area contributed by atoms with Crippen LogP contribution in [0.1, 0.15) is 116 Å². The standard InChI is InChI=1S/C6H14O5.C6H12O5.C3H6.6C2H6/c2*1-3(8)5(10)6(11)4(9)2-7;1-2-3-1;6*1-2/h3-11H,2H2,1H3;4-7,9-11H,2H2,1H3;1-3H2;6*1-2H3. The molecular formula is C27H68O10. The van der Waals surface area contributed by atoms with Gasteiger partial charge < -0.3 is 46.0 Å². The lowest BCUT2D eigenvalue weighted by Crippen LogP contribution is -2.44. The van der Waals surface area contributed by atoms with Gasteiger partial charge in [-0.3, -0.25) is 4.79 Å². The van der Waals surface area contributed by atoms with Crippen LogP contribution in [0, 0.1) is 0 Å². The van der Waals surface area contributed by atoms with Gasteiger partial charge in [0, 0.05) is 0 Å². The van der Waals surface area contributed by atoms with Crippen molar-refractivity contribution in [3.8, 4) is 0 Å². The third kappa shape index (κ3) is 48.9. The zero-order chi connectivity index (χ0) is 32.2. The minimum absolute atomic E-state index is 0.648. The number of ketones is 1. The maximum Gasteiger partial charge on any atom is 0.160 e. The van der Waals surface area contributed by atoms with Gasteiger partial charge in [-0.1, -0.05) is 102 Å². The Balaban J connectivity index is -0.0000000497. The highest BCUT2D eigenvalue weighted by atomic mass is 16.4. The molecule has 1 saturated carbocycles. The monoisotopic (exact) mass is 552 g/mol. The summed E-state index contributed by atoms with van der Waals surface area (Å²) in [4.78, 5) is 10.4. The van der Waals surface area contributed by atoms with Gasteiger partial charge in [0.2, 0.25) is 0 Å². The maximum absolute atomic E-state index is 10.4. The van der Waals surface area contributed by atoms with Crippen LogP contribution in [0.15, 0.2) is 0 Å². The van der Waals surface area contributed by atoms with E-state index >= 15 is 0 Å². The summed E-state index contributed by atoms with van der Waals surface area (Å²) < 4.78 is 0. The molecule has 9 N–H and O–H groups in total. The number of carbonyl (C=O) groups is 1. The molecule has 7 atom stereocenters. The highest BCUT2D eigenvalue weighted by Gasteiger charge is 2.27. The Morgan fingerprint density at radius 2 is 0.784 bits per heavy atom.